The number of aliphatic hydroxyl groups excluding tert-OH is 1. The van der Waals surface area contributed by atoms with Crippen LogP contribution in [0.1, 0.15) is 27.6 Å². The van der Waals surface area contributed by atoms with Crippen LogP contribution in [0.4, 0.5) is 0 Å². The van der Waals surface area contributed by atoms with E-state index in [2.05, 4.69) is 5.32 Å². The van der Waals surface area contributed by atoms with E-state index in [0.29, 0.717) is 0 Å². The Morgan fingerprint density at radius 3 is 2.32 bits per heavy atom. The van der Waals surface area contributed by atoms with Crippen LogP contribution in [0.5, 0.6) is 0 Å². The molecule has 0 unspecified atom stereocenters. The molecule has 1 rings (SSSR count). The first-order valence-corrected chi connectivity index (χ1v) is 5.41. The second-order valence-corrected chi connectivity index (χ2v) is 3.62. The van der Waals surface area contributed by atoms with Gasteiger partial charge in [-0.05, 0) is 19.1 Å². The van der Waals surface area contributed by atoms with Crippen molar-refractivity contribution in [2.75, 3.05) is 0 Å². The smallest absolute Gasteiger partial charge is 0.336 e. The van der Waals surface area contributed by atoms with E-state index >= 15 is 0 Å². The highest BCUT2D eigenvalue weighted by Gasteiger charge is 2.16. The minimum Gasteiger partial charge on any atom is -0.494 e. The molecule has 1 aromatic carbocycles. The molecular weight excluding hydrogens is 248 g/mol. The number of benzene rings is 1. The SMILES string of the molecule is C/C=C(N)\C=C(/O)NC(=O)c1ccccc1C(=O)O. The fourth-order valence-corrected chi connectivity index (χ4v) is 1.33. The van der Waals surface area contributed by atoms with Gasteiger partial charge in [0.1, 0.15) is 0 Å². The van der Waals surface area contributed by atoms with Crippen LogP contribution >= 0.6 is 0 Å². The summed E-state index contributed by atoms with van der Waals surface area (Å²) in [6.45, 7) is 1.67. The monoisotopic (exact) mass is 262 g/mol. The maximum absolute atomic E-state index is 11.8. The third-order valence-corrected chi connectivity index (χ3v) is 2.28. The molecule has 0 aliphatic carbocycles. The van der Waals surface area contributed by atoms with E-state index < -0.39 is 17.8 Å². The molecule has 0 saturated carbocycles. The van der Waals surface area contributed by atoms with Gasteiger partial charge in [-0.3, -0.25) is 10.1 Å². The molecule has 6 nitrogen and oxygen atoms in total. The number of aromatic carboxylic acids is 1. The van der Waals surface area contributed by atoms with Crippen LogP contribution in [-0.2, 0) is 0 Å². The van der Waals surface area contributed by atoms with Crippen molar-refractivity contribution in [1.82, 2.24) is 5.32 Å². The summed E-state index contributed by atoms with van der Waals surface area (Å²) in [5.41, 5.74) is 5.52. The van der Waals surface area contributed by atoms with E-state index in [1.165, 1.54) is 30.3 Å². The molecule has 0 bridgehead atoms. The standard InChI is InChI=1S/C13H14N2O4/c1-2-8(14)7-11(16)15-12(17)9-5-3-4-6-10(9)13(18)19/h2-7,16H,14H2,1H3,(H,15,17)(H,18,19)/b8-2+,11-7-. The highest BCUT2D eigenvalue weighted by atomic mass is 16.4. The predicted molar refractivity (Wildman–Crippen MR) is 69.5 cm³/mol. The zero-order chi connectivity index (χ0) is 14.4. The number of carboxylic acids is 1. The summed E-state index contributed by atoms with van der Waals surface area (Å²) in [5.74, 6) is -2.40. The van der Waals surface area contributed by atoms with Crippen LogP contribution in [-0.4, -0.2) is 22.1 Å². The number of rotatable bonds is 4. The molecule has 19 heavy (non-hydrogen) atoms. The van der Waals surface area contributed by atoms with Crippen LogP contribution in [0.25, 0.3) is 0 Å². The first-order chi connectivity index (χ1) is 8.95. The summed E-state index contributed by atoms with van der Waals surface area (Å²) in [5, 5.41) is 20.6. The van der Waals surface area contributed by atoms with Gasteiger partial charge in [-0.2, -0.15) is 0 Å². The Morgan fingerprint density at radius 1 is 1.21 bits per heavy atom. The van der Waals surface area contributed by atoms with Gasteiger partial charge >= 0.3 is 5.97 Å². The summed E-state index contributed by atoms with van der Waals surface area (Å²) >= 11 is 0. The third-order valence-electron chi connectivity index (χ3n) is 2.28. The number of carbonyl (C=O) groups is 2. The highest BCUT2D eigenvalue weighted by Crippen LogP contribution is 2.09. The van der Waals surface area contributed by atoms with Crippen molar-refractivity contribution in [1.29, 1.82) is 0 Å². The van der Waals surface area contributed by atoms with Gasteiger partial charge in [-0.1, -0.05) is 18.2 Å². The molecule has 5 N–H and O–H groups in total. The summed E-state index contributed by atoms with van der Waals surface area (Å²) in [4.78, 5) is 22.8. The van der Waals surface area contributed by atoms with Crippen molar-refractivity contribution in [3.05, 3.63) is 59.1 Å². The molecule has 0 spiro atoms. The van der Waals surface area contributed by atoms with Gasteiger partial charge in [-0.25, -0.2) is 4.79 Å². The van der Waals surface area contributed by atoms with Gasteiger partial charge in [0.2, 0.25) is 0 Å². The Labute approximate surface area is 109 Å². The number of hydrogen-bond donors (Lipinski definition) is 4. The van der Waals surface area contributed by atoms with Crippen LogP contribution in [0.15, 0.2) is 48.0 Å². The molecule has 0 atom stereocenters. The van der Waals surface area contributed by atoms with Gasteiger partial charge in [-0.15, -0.1) is 0 Å². The Balaban J connectivity index is 2.97. The van der Waals surface area contributed by atoms with Crippen LogP contribution in [0.3, 0.4) is 0 Å². The van der Waals surface area contributed by atoms with Gasteiger partial charge in [0.05, 0.1) is 11.1 Å². The minimum absolute atomic E-state index is 0.0472. The molecule has 0 heterocycles. The molecule has 0 aliphatic rings. The first kappa shape index (κ1) is 14.3. The molecule has 0 fully saturated rings. The second-order valence-electron chi connectivity index (χ2n) is 3.62. The maximum atomic E-state index is 11.8. The summed E-state index contributed by atoms with van der Waals surface area (Å²) in [6, 6.07) is 5.69. The molecule has 1 amide bonds. The summed E-state index contributed by atoms with van der Waals surface area (Å²) in [7, 11) is 0. The third kappa shape index (κ3) is 3.88. The molecule has 100 valence electrons. The number of nitrogens with one attached hydrogen (secondary N) is 1. The Kier molecular flexibility index (Phi) is 4.70. The topological polar surface area (TPSA) is 113 Å². The fraction of sp³-hybridized carbons (Fsp3) is 0.0769. The molecule has 0 saturated heterocycles. The molecule has 0 aromatic heterocycles. The molecular formula is C13H14N2O4. The van der Waals surface area contributed by atoms with E-state index in [1.807, 2.05) is 0 Å². The summed E-state index contributed by atoms with van der Waals surface area (Å²) < 4.78 is 0. The largest absolute Gasteiger partial charge is 0.494 e. The lowest BCUT2D eigenvalue weighted by Crippen LogP contribution is -2.25. The molecule has 0 aliphatic heterocycles. The van der Waals surface area contributed by atoms with Crippen molar-refractivity contribution >= 4 is 11.9 Å². The molecule has 6 heteroatoms. The van der Waals surface area contributed by atoms with Crippen LogP contribution < -0.4 is 11.1 Å². The number of hydrogen-bond acceptors (Lipinski definition) is 4. The predicted octanol–water partition coefficient (Wildman–Crippen LogP) is 1.38. The number of nitrogens with two attached hydrogens (primary N) is 1. The number of amides is 1. The average Bonchev–Trinajstić information content (AvgIpc) is 2.38. The lowest BCUT2D eigenvalue weighted by Gasteiger charge is -2.06. The van der Waals surface area contributed by atoms with Gasteiger partial charge < -0.3 is 15.9 Å². The number of aliphatic hydroxyl groups is 1. The Morgan fingerprint density at radius 2 is 1.79 bits per heavy atom. The van der Waals surface area contributed by atoms with Crippen molar-refractivity contribution in [3.63, 3.8) is 0 Å². The number of carboxylic acid groups (broad SMARTS) is 1. The zero-order valence-electron chi connectivity index (χ0n) is 10.3. The van der Waals surface area contributed by atoms with E-state index in [1.54, 1.807) is 6.92 Å². The lowest BCUT2D eigenvalue weighted by molar-refractivity contribution is 0.0690. The van der Waals surface area contributed by atoms with Gasteiger partial charge in [0.25, 0.3) is 5.91 Å². The molecule has 0 radical (unpaired) electrons. The molecule has 1 aromatic rings. The summed E-state index contributed by atoms with van der Waals surface area (Å²) in [6.07, 6.45) is 2.69. The van der Waals surface area contributed by atoms with E-state index in [9.17, 15) is 14.7 Å². The van der Waals surface area contributed by atoms with Gasteiger partial charge in [0.15, 0.2) is 5.88 Å². The van der Waals surface area contributed by atoms with Crippen molar-refractivity contribution in [2.45, 2.75) is 6.92 Å². The second kappa shape index (κ2) is 6.25. The zero-order valence-corrected chi connectivity index (χ0v) is 10.3. The average molecular weight is 262 g/mol. The van der Waals surface area contributed by atoms with Crippen LogP contribution in [0, 0.1) is 0 Å². The first-order valence-electron chi connectivity index (χ1n) is 5.41. The van der Waals surface area contributed by atoms with Crippen molar-refractivity contribution in [2.24, 2.45) is 5.73 Å². The van der Waals surface area contributed by atoms with Gasteiger partial charge in [0, 0.05) is 11.8 Å². The normalized spacial score (nSPS) is 12.1. The highest BCUT2D eigenvalue weighted by molar-refractivity contribution is 6.05. The fourth-order valence-electron chi connectivity index (χ4n) is 1.33. The maximum Gasteiger partial charge on any atom is 0.336 e. The quantitative estimate of drug-likeness (QED) is 0.483. The number of carbonyl (C=O) groups excluding carboxylic acids is 1. The Bertz CT molecular complexity index is 562. The van der Waals surface area contributed by atoms with E-state index in [0.717, 1.165) is 6.08 Å². The van der Waals surface area contributed by atoms with E-state index in [4.69, 9.17) is 10.8 Å². The number of allylic oxidation sites excluding steroid dienone is 2. The van der Waals surface area contributed by atoms with E-state index in [-0.39, 0.29) is 16.8 Å². The minimum atomic E-state index is -1.22. The Hall–Kier alpha value is -2.76. The van der Waals surface area contributed by atoms with Crippen LogP contribution in [0.2, 0.25) is 0 Å². The lowest BCUT2D eigenvalue weighted by atomic mass is 10.1. The van der Waals surface area contributed by atoms with Crippen molar-refractivity contribution in [3.8, 4) is 0 Å². The van der Waals surface area contributed by atoms with Crippen molar-refractivity contribution < 1.29 is 19.8 Å².